The van der Waals surface area contributed by atoms with Gasteiger partial charge in [0.25, 0.3) is 0 Å². The van der Waals surface area contributed by atoms with Gasteiger partial charge in [0.2, 0.25) is 0 Å². The van der Waals surface area contributed by atoms with Crippen LogP contribution in [0.15, 0.2) is 95.3 Å². The summed E-state index contributed by atoms with van der Waals surface area (Å²) >= 11 is 5.41. The third kappa shape index (κ3) is 2.92. The van der Waals surface area contributed by atoms with E-state index >= 15 is 0 Å². The highest BCUT2D eigenvalue weighted by Crippen LogP contribution is 2.41. The number of fused-ring (bicyclic) bond motifs is 5. The molecule has 8 rings (SSSR count). The average Bonchev–Trinajstić information content (AvgIpc) is 3.70. The van der Waals surface area contributed by atoms with Gasteiger partial charge in [-0.05, 0) is 53.2 Å². The molecule has 0 saturated heterocycles. The van der Waals surface area contributed by atoms with Crippen LogP contribution in [0.25, 0.3) is 69.5 Å². The number of para-hydroxylation sites is 1. The van der Waals surface area contributed by atoms with E-state index in [1.165, 1.54) is 58.0 Å². The fraction of sp³-hybridized carbons (Fsp3) is 0.0333. The van der Waals surface area contributed by atoms with Crippen molar-refractivity contribution in [3.8, 4) is 28.2 Å². The van der Waals surface area contributed by atoms with Crippen LogP contribution in [0.1, 0.15) is 0 Å². The summed E-state index contributed by atoms with van der Waals surface area (Å²) in [5, 5.41) is 11.8. The molecule has 36 heavy (non-hydrogen) atoms. The highest BCUT2D eigenvalue weighted by Gasteiger charge is 2.17. The quantitative estimate of drug-likeness (QED) is 0.229. The van der Waals surface area contributed by atoms with Crippen LogP contribution in [0.4, 0.5) is 0 Å². The summed E-state index contributed by atoms with van der Waals surface area (Å²) < 4.78 is 7.10. The molecule has 6 aromatic heterocycles. The molecule has 2 aromatic carbocycles. The second-order valence-corrected chi connectivity index (χ2v) is 12.1. The van der Waals surface area contributed by atoms with E-state index < -0.39 is 0 Å². The lowest BCUT2D eigenvalue weighted by Gasteiger charge is -2.09. The Morgan fingerprint density at radius 1 is 0.722 bits per heavy atom. The smallest absolute Gasteiger partial charge is 0.138 e. The Bertz CT molecular complexity index is 2080. The fourth-order valence-corrected chi connectivity index (χ4v) is 8.21. The topological polar surface area (TPSA) is 22.8 Å². The molecule has 8 aromatic rings. The number of aryl methyl sites for hydroxylation is 1. The van der Waals surface area contributed by atoms with Crippen molar-refractivity contribution < 1.29 is 0 Å². The lowest BCUT2D eigenvalue weighted by atomic mass is 10.1. The van der Waals surface area contributed by atoms with Crippen LogP contribution in [-0.4, -0.2) is 14.1 Å². The van der Waals surface area contributed by atoms with Gasteiger partial charge in [-0.15, -0.1) is 34.0 Å². The lowest BCUT2D eigenvalue weighted by molar-refractivity contribution is 0.929. The summed E-state index contributed by atoms with van der Waals surface area (Å²) in [6, 6.07) is 24.2. The molecule has 0 bridgehead atoms. The van der Waals surface area contributed by atoms with Gasteiger partial charge in [-0.2, -0.15) is 0 Å². The maximum Gasteiger partial charge on any atom is 0.138 e. The zero-order valence-electron chi connectivity index (χ0n) is 19.3. The van der Waals surface area contributed by atoms with E-state index in [1.54, 1.807) is 22.7 Å². The van der Waals surface area contributed by atoms with Crippen molar-refractivity contribution in [1.29, 1.82) is 0 Å². The summed E-state index contributed by atoms with van der Waals surface area (Å²) in [5.74, 6) is 0.948. The predicted molar refractivity (Wildman–Crippen MR) is 157 cm³/mol. The normalized spacial score (nSPS) is 12.0. The maximum absolute atomic E-state index is 5.21. The highest BCUT2D eigenvalue weighted by atomic mass is 32.2. The first-order chi connectivity index (χ1) is 17.7. The van der Waals surface area contributed by atoms with Crippen molar-refractivity contribution in [3.63, 3.8) is 0 Å². The first kappa shape index (κ1) is 20.5. The highest BCUT2D eigenvalue weighted by molar-refractivity contribution is 7.37. The standard InChI is InChI=1S/C30H19N3S3/c1-32-11-9-18(15-32)23-16-35-28-14-21-19-5-2-3-7-26(19)33(27(21)13-22(23)28)29-8-4-6-25(31-29)24-17-36-30-20(24)10-12-34-30/h2-17H,1H3. The second-order valence-electron chi connectivity index (χ2n) is 9.09. The van der Waals surface area contributed by atoms with Gasteiger partial charge in [-0.3, -0.25) is 4.57 Å². The number of hydrogen-bond donors (Lipinski definition) is 0. The predicted octanol–water partition coefficient (Wildman–Crippen LogP) is 9.34. The Hall–Kier alpha value is -3.71. The molecular weight excluding hydrogens is 499 g/mol. The van der Waals surface area contributed by atoms with Gasteiger partial charge in [0.1, 0.15) is 5.82 Å². The monoisotopic (exact) mass is 517 g/mol. The Morgan fingerprint density at radius 2 is 1.64 bits per heavy atom. The van der Waals surface area contributed by atoms with E-state index in [2.05, 4.69) is 111 Å². The summed E-state index contributed by atoms with van der Waals surface area (Å²) in [6.45, 7) is 0. The Labute approximate surface area is 219 Å². The van der Waals surface area contributed by atoms with Gasteiger partial charge in [0.15, 0.2) is 0 Å². The molecule has 172 valence electrons. The van der Waals surface area contributed by atoms with Crippen LogP contribution in [-0.2, 0) is 7.05 Å². The molecule has 0 saturated carbocycles. The van der Waals surface area contributed by atoms with Gasteiger partial charge in [0.05, 0.1) is 20.7 Å². The SMILES string of the molecule is Cn1ccc(-c2csc3cc4c5ccccc5n(-c5cccc(-c6csc7sccc67)n5)c4cc23)c1. The van der Waals surface area contributed by atoms with Crippen LogP contribution in [0.3, 0.4) is 0 Å². The molecule has 0 fully saturated rings. The van der Waals surface area contributed by atoms with Gasteiger partial charge < -0.3 is 4.57 Å². The number of rotatable bonds is 3. The van der Waals surface area contributed by atoms with Crippen LogP contribution >= 0.6 is 34.0 Å². The average molecular weight is 518 g/mol. The molecule has 0 aliphatic carbocycles. The van der Waals surface area contributed by atoms with Crippen LogP contribution < -0.4 is 0 Å². The van der Waals surface area contributed by atoms with Crippen molar-refractivity contribution in [2.24, 2.45) is 7.05 Å². The third-order valence-electron chi connectivity index (χ3n) is 6.95. The third-order valence-corrected chi connectivity index (χ3v) is 9.97. The van der Waals surface area contributed by atoms with Crippen molar-refractivity contribution >= 4 is 75.3 Å². The molecule has 0 aliphatic rings. The molecule has 0 atom stereocenters. The largest absolute Gasteiger partial charge is 0.357 e. The number of aromatic nitrogens is 3. The van der Waals surface area contributed by atoms with E-state index in [9.17, 15) is 0 Å². The molecule has 0 amide bonds. The minimum absolute atomic E-state index is 0.948. The Balaban J connectivity index is 1.42. The summed E-state index contributed by atoms with van der Waals surface area (Å²) in [6.07, 6.45) is 4.30. The zero-order valence-corrected chi connectivity index (χ0v) is 21.8. The molecule has 0 N–H and O–H groups in total. The number of nitrogens with zero attached hydrogens (tertiary/aromatic N) is 3. The molecule has 0 spiro atoms. The van der Waals surface area contributed by atoms with Gasteiger partial charge in [-0.25, -0.2) is 4.98 Å². The van der Waals surface area contributed by atoms with E-state index in [0.717, 1.165) is 11.5 Å². The Kier molecular flexibility index (Phi) is 4.35. The van der Waals surface area contributed by atoms with Crippen LogP contribution in [0, 0.1) is 0 Å². The second kappa shape index (κ2) is 7.64. The molecule has 3 nitrogen and oxygen atoms in total. The van der Waals surface area contributed by atoms with E-state index in [0.29, 0.717) is 0 Å². The zero-order chi connectivity index (χ0) is 23.8. The minimum Gasteiger partial charge on any atom is -0.357 e. The molecule has 6 heteroatoms. The maximum atomic E-state index is 5.21. The van der Waals surface area contributed by atoms with Crippen molar-refractivity contribution in [2.45, 2.75) is 0 Å². The molecule has 6 heterocycles. The number of thiophene rings is 3. The van der Waals surface area contributed by atoms with Crippen molar-refractivity contribution in [3.05, 3.63) is 95.3 Å². The van der Waals surface area contributed by atoms with E-state index in [1.807, 2.05) is 11.3 Å². The van der Waals surface area contributed by atoms with E-state index in [-0.39, 0.29) is 0 Å². The number of hydrogen-bond acceptors (Lipinski definition) is 4. The fourth-order valence-electron chi connectivity index (χ4n) is 5.28. The van der Waals surface area contributed by atoms with Crippen molar-refractivity contribution in [1.82, 2.24) is 14.1 Å². The summed E-state index contributed by atoms with van der Waals surface area (Å²) in [7, 11) is 2.07. The van der Waals surface area contributed by atoms with Gasteiger partial charge in [0, 0.05) is 67.8 Å². The Morgan fingerprint density at radius 3 is 2.56 bits per heavy atom. The summed E-state index contributed by atoms with van der Waals surface area (Å²) in [4.78, 5) is 5.21. The molecular formula is C30H19N3S3. The van der Waals surface area contributed by atoms with Gasteiger partial charge >= 0.3 is 0 Å². The minimum atomic E-state index is 0.948. The molecule has 0 aliphatic heterocycles. The van der Waals surface area contributed by atoms with Crippen LogP contribution in [0.5, 0.6) is 0 Å². The van der Waals surface area contributed by atoms with E-state index in [4.69, 9.17) is 4.98 Å². The summed E-state index contributed by atoms with van der Waals surface area (Å²) in [5.41, 5.74) is 7.14. The molecule has 0 unspecified atom stereocenters. The van der Waals surface area contributed by atoms with Crippen LogP contribution in [0.2, 0.25) is 0 Å². The number of pyridine rings is 1. The first-order valence-electron chi connectivity index (χ1n) is 11.7. The van der Waals surface area contributed by atoms with Gasteiger partial charge in [-0.1, -0.05) is 24.3 Å². The molecule has 0 radical (unpaired) electrons. The lowest BCUT2D eigenvalue weighted by Crippen LogP contribution is -1.98. The number of benzene rings is 2. The van der Waals surface area contributed by atoms with Crippen molar-refractivity contribution in [2.75, 3.05) is 0 Å². The first-order valence-corrected chi connectivity index (χ1v) is 14.4.